The van der Waals surface area contributed by atoms with Gasteiger partial charge in [-0.05, 0) is 6.07 Å². The van der Waals surface area contributed by atoms with Gasteiger partial charge >= 0.3 is 0 Å². The van der Waals surface area contributed by atoms with E-state index in [2.05, 4.69) is 24.1 Å². The average molecular weight is 281 g/mol. The van der Waals surface area contributed by atoms with Crippen molar-refractivity contribution in [1.29, 1.82) is 0 Å². The maximum atomic E-state index is 5.83. The zero-order chi connectivity index (χ0) is 13.7. The molecule has 0 aliphatic rings. The molecule has 2 aromatic heterocycles. The molecule has 0 aliphatic carbocycles. The molecule has 1 N–H and O–H groups in total. The van der Waals surface area contributed by atoms with Crippen LogP contribution in [0, 0.1) is 0 Å². The van der Waals surface area contributed by atoms with E-state index in [0.717, 1.165) is 17.9 Å². The van der Waals surface area contributed by atoms with Crippen molar-refractivity contribution in [3.05, 3.63) is 47.1 Å². The van der Waals surface area contributed by atoms with Crippen LogP contribution in [0.25, 0.3) is 0 Å². The van der Waals surface area contributed by atoms with Gasteiger partial charge < -0.3 is 14.5 Å². The van der Waals surface area contributed by atoms with E-state index in [9.17, 15) is 0 Å². The minimum absolute atomic E-state index is 0.365. The number of hydrogen-bond acceptors (Lipinski definition) is 4. The zero-order valence-electron chi connectivity index (χ0n) is 11.0. The van der Waals surface area contributed by atoms with Gasteiger partial charge in [-0.2, -0.15) is 0 Å². The van der Waals surface area contributed by atoms with Crippen molar-refractivity contribution in [2.75, 3.05) is 0 Å². The van der Waals surface area contributed by atoms with Crippen LogP contribution >= 0.6 is 11.6 Å². The Morgan fingerprint density at radius 3 is 2.95 bits per heavy atom. The van der Waals surface area contributed by atoms with Crippen molar-refractivity contribution in [2.24, 2.45) is 0 Å². The Labute approximate surface area is 117 Å². The van der Waals surface area contributed by atoms with E-state index < -0.39 is 0 Å². The summed E-state index contributed by atoms with van der Waals surface area (Å²) in [4.78, 5) is 3.95. The number of furan rings is 1. The molecule has 0 radical (unpaired) electrons. The van der Waals surface area contributed by atoms with Crippen molar-refractivity contribution >= 4 is 11.6 Å². The van der Waals surface area contributed by atoms with E-state index in [1.807, 2.05) is 6.07 Å². The molecule has 0 spiro atoms. The van der Waals surface area contributed by atoms with Crippen molar-refractivity contribution in [3.8, 4) is 5.75 Å². The first kappa shape index (κ1) is 13.9. The van der Waals surface area contributed by atoms with Gasteiger partial charge in [-0.25, -0.2) is 0 Å². The maximum Gasteiger partial charge on any atom is 0.146 e. The topological polar surface area (TPSA) is 47.3 Å². The molecule has 0 saturated heterocycles. The summed E-state index contributed by atoms with van der Waals surface area (Å²) in [6, 6.07) is 4.15. The van der Waals surface area contributed by atoms with Gasteiger partial charge in [0, 0.05) is 30.4 Å². The molecule has 0 amide bonds. The third-order valence-electron chi connectivity index (χ3n) is 2.48. The summed E-state index contributed by atoms with van der Waals surface area (Å²) in [7, 11) is 0. The molecule has 2 aromatic rings. The highest BCUT2D eigenvalue weighted by molar-refractivity contribution is 6.30. The number of rotatable bonds is 6. The highest BCUT2D eigenvalue weighted by atomic mass is 35.5. The van der Waals surface area contributed by atoms with Crippen LogP contribution in [0.5, 0.6) is 5.75 Å². The summed E-state index contributed by atoms with van der Waals surface area (Å²) in [5.41, 5.74) is 1.11. The van der Waals surface area contributed by atoms with Crippen LogP contribution < -0.4 is 10.1 Å². The quantitative estimate of drug-likeness (QED) is 0.881. The van der Waals surface area contributed by atoms with Crippen LogP contribution in [0.15, 0.2) is 35.2 Å². The Balaban J connectivity index is 1.86. The van der Waals surface area contributed by atoms with Crippen LogP contribution in [0.1, 0.15) is 25.2 Å². The molecule has 0 aromatic carbocycles. The summed E-state index contributed by atoms with van der Waals surface area (Å²) in [5, 5.41) is 3.88. The van der Waals surface area contributed by atoms with Crippen LogP contribution in [-0.4, -0.2) is 11.0 Å². The highest BCUT2D eigenvalue weighted by Crippen LogP contribution is 2.17. The molecule has 2 rings (SSSR count). The Morgan fingerprint density at radius 2 is 2.21 bits per heavy atom. The lowest BCUT2D eigenvalue weighted by atomic mass is 10.3. The van der Waals surface area contributed by atoms with Gasteiger partial charge in [-0.3, -0.25) is 4.98 Å². The number of aromatic nitrogens is 1. The first-order valence-electron chi connectivity index (χ1n) is 6.16. The third kappa shape index (κ3) is 4.58. The van der Waals surface area contributed by atoms with Crippen molar-refractivity contribution in [1.82, 2.24) is 10.3 Å². The second-order valence-corrected chi connectivity index (χ2v) is 5.02. The number of pyridine rings is 1. The molecule has 0 aliphatic heterocycles. The number of nitrogens with one attached hydrogen (secondary N) is 1. The monoisotopic (exact) mass is 280 g/mol. The summed E-state index contributed by atoms with van der Waals surface area (Å²) < 4.78 is 11.0. The number of halogens is 1. The van der Waals surface area contributed by atoms with Gasteiger partial charge in [0.15, 0.2) is 0 Å². The number of hydrogen-bond donors (Lipinski definition) is 1. The third-order valence-corrected chi connectivity index (χ3v) is 2.69. The van der Waals surface area contributed by atoms with Gasteiger partial charge in [-0.1, -0.05) is 25.4 Å². The average Bonchev–Trinajstić information content (AvgIpc) is 2.82. The van der Waals surface area contributed by atoms with Crippen LogP contribution in [0.3, 0.4) is 0 Å². The molecule has 19 heavy (non-hydrogen) atoms. The van der Waals surface area contributed by atoms with Crippen LogP contribution in [-0.2, 0) is 13.2 Å². The van der Waals surface area contributed by atoms with Crippen LogP contribution in [0.4, 0.5) is 0 Å². The second-order valence-electron chi connectivity index (χ2n) is 4.58. The van der Waals surface area contributed by atoms with Crippen LogP contribution in [0.2, 0.25) is 5.02 Å². The Hall–Kier alpha value is -1.52. The van der Waals surface area contributed by atoms with E-state index in [-0.39, 0.29) is 0 Å². The summed E-state index contributed by atoms with van der Waals surface area (Å²) in [6.45, 7) is 5.37. The van der Waals surface area contributed by atoms with E-state index in [4.69, 9.17) is 20.8 Å². The normalized spacial score (nSPS) is 10.9. The van der Waals surface area contributed by atoms with Gasteiger partial charge in [0.1, 0.15) is 18.1 Å². The first-order valence-corrected chi connectivity index (χ1v) is 6.54. The number of nitrogens with zero attached hydrogens (tertiary/aromatic N) is 1. The fourth-order valence-electron chi connectivity index (χ4n) is 1.54. The van der Waals surface area contributed by atoms with E-state index in [1.165, 1.54) is 0 Å². The molecule has 102 valence electrons. The molecular formula is C14H17ClN2O2. The lowest BCUT2D eigenvalue weighted by Crippen LogP contribution is -2.21. The predicted octanol–water partition coefficient (Wildman–Crippen LogP) is 3.41. The summed E-state index contributed by atoms with van der Waals surface area (Å²) in [5.74, 6) is 1.41. The lowest BCUT2D eigenvalue weighted by Gasteiger charge is -2.05. The molecule has 0 atom stereocenters. The fraction of sp³-hybridized carbons (Fsp3) is 0.357. The Morgan fingerprint density at radius 1 is 1.37 bits per heavy atom. The molecule has 2 heterocycles. The molecule has 4 nitrogen and oxygen atoms in total. The van der Waals surface area contributed by atoms with Gasteiger partial charge in [0.25, 0.3) is 0 Å². The van der Waals surface area contributed by atoms with Gasteiger partial charge in [0.05, 0.1) is 17.5 Å². The van der Waals surface area contributed by atoms with Crippen molar-refractivity contribution in [2.45, 2.75) is 33.0 Å². The fourth-order valence-corrected chi connectivity index (χ4v) is 1.71. The predicted molar refractivity (Wildman–Crippen MR) is 74.3 cm³/mol. The van der Waals surface area contributed by atoms with Crippen molar-refractivity contribution in [3.63, 3.8) is 0 Å². The zero-order valence-corrected chi connectivity index (χ0v) is 11.8. The van der Waals surface area contributed by atoms with E-state index in [1.54, 1.807) is 24.7 Å². The largest absolute Gasteiger partial charge is 0.484 e. The minimum atomic E-state index is 0.365. The van der Waals surface area contributed by atoms with Crippen molar-refractivity contribution < 1.29 is 9.15 Å². The second kappa shape index (κ2) is 6.59. The molecular weight excluding hydrogens is 264 g/mol. The van der Waals surface area contributed by atoms with Gasteiger partial charge in [0.2, 0.25) is 0 Å². The highest BCUT2D eigenvalue weighted by Gasteiger charge is 2.04. The maximum absolute atomic E-state index is 5.83. The molecule has 0 saturated carbocycles. The standard InChI is InChI=1S/C14H17ClN2O2/c1-10(2)17-5-11-3-14(18-8-11)9-19-13-4-12(15)6-16-7-13/h3-4,6-8,10,17H,5,9H2,1-2H3. The van der Waals surface area contributed by atoms with E-state index >= 15 is 0 Å². The molecule has 0 fully saturated rings. The molecule has 5 heteroatoms. The lowest BCUT2D eigenvalue weighted by molar-refractivity contribution is 0.269. The summed E-state index contributed by atoms with van der Waals surface area (Å²) in [6.07, 6.45) is 4.93. The SMILES string of the molecule is CC(C)NCc1coc(COc2cncc(Cl)c2)c1. The minimum Gasteiger partial charge on any atom is -0.484 e. The Kier molecular flexibility index (Phi) is 4.82. The molecule has 0 unspecified atom stereocenters. The van der Waals surface area contributed by atoms with E-state index in [0.29, 0.717) is 23.4 Å². The van der Waals surface area contributed by atoms with Gasteiger partial charge in [-0.15, -0.1) is 0 Å². The Bertz CT molecular complexity index is 526. The first-order chi connectivity index (χ1) is 9.13. The number of ether oxygens (including phenoxy) is 1. The smallest absolute Gasteiger partial charge is 0.146 e. The summed E-state index contributed by atoms with van der Waals surface area (Å²) >= 11 is 5.83. The molecule has 0 bridgehead atoms.